The van der Waals surface area contributed by atoms with Gasteiger partial charge in [0.25, 0.3) is 5.69 Å². The lowest BCUT2D eigenvalue weighted by atomic mass is 10.2. The van der Waals surface area contributed by atoms with E-state index in [-0.39, 0.29) is 21.5 Å². The molecule has 0 bridgehead atoms. The fraction of sp³-hybridized carbons (Fsp3) is 0. The number of phenolic OH excluding ortho intramolecular Hbond substituents is 1. The number of benzene rings is 1. The van der Waals surface area contributed by atoms with E-state index in [4.69, 9.17) is 0 Å². The monoisotopic (exact) mass is 311 g/mol. The second kappa shape index (κ2) is 4.92. The predicted molar refractivity (Wildman–Crippen MR) is 65.5 cm³/mol. The van der Waals surface area contributed by atoms with Crippen molar-refractivity contribution < 1.29 is 10.0 Å². The first kappa shape index (κ1) is 12.2. The molecule has 0 atom stereocenters. The van der Waals surface area contributed by atoms with Crippen molar-refractivity contribution >= 4 is 27.8 Å². The van der Waals surface area contributed by atoms with Crippen LogP contribution in [0.1, 0.15) is 5.56 Å². The standard InChI is InChI=1S/C9H6BrN5O3/c10-8-2-7(15(17)18)1-6(9(8)16)3-13-14-4-11-12-5-14/h1-5,16H/b13-3-. The summed E-state index contributed by atoms with van der Waals surface area (Å²) in [5, 5.41) is 31.4. The molecule has 1 heterocycles. The molecule has 8 nitrogen and oxygen atoms in total. The van der Waals surface area contributed by atoms with Crippen molar-refractivity contribution in [3.8, 4) is 5.75 Å². The van der Waals surface area contributed by atoms with E-state index in [1.807, 2.05) is 0 Å². The van der Waals surface area contributed by atoms with Crippen molar-refractivity contribution in [1.82, 2.24) is 14.9 Å². The number of phenols is 1. The largest absolute Gasteiger partial charge is 0.506 e. The number of non-ortho nitro benzene ring substituents is 1. The number of rotatable bonds is 3. The van der Waals surface area contributed by atoms with Crippen LogP contribution in [-0.4, -0.2) is 31.1 Å². The van der Waals surface area contributed by atoms with E-state index < -0.39 is 4.92 Å². The average molecular weight is 312 g/mol. The highest BCUT2D eigenvalue weighted by Crippen LogP contribution is 2.31. The van der Waals surface area contributed by atoms with Crippen LogP contribution >= 0.6 is 15.9 Å². The van der Waals surface area contributed by atoms with Crippen LogP contribution in [0.15, 0.2) is 34.4 Å². The van der Waals surface area contributed by atoms with Crippen LogP contribution in [0, 0.1) is 10.1 Å². The molecule has 2 aromatic rings. The lowest BCUT2D eigenvalue weighted by Gasteiger charge is -2.01. The Bertz CT molecular complexity index is 611. The van der Waals surface area contributed by atoms with Crippen LogP contribution < -0.4 is 0 Å². The van der Waals surface area contributed by atoms with Crippen LogP contribution in [0.3, 0.4) is 0 Å². The zero-order chi connectivity index (χ0) is 13.1. The topological polar surface area (TPSA) is 106 Å². The van der Waals surface area contributed by atoms with Crippen LogP contribution in [0.5, 0.6) is 5.75 Å². The molecule has 0 unspecified atom stereocenters. The summed E-state index contributed by atoms with van der Waals surface area (Å²) >= 11 is 3.04. The first-order valence-electron chi connectivity index (χ1n) is 4.64. The summed E-state index contributed by atoms with van der Waals surface area (Å²) in [6.45, 7) is 0. The number of aromatic nitrogens is 3. The number of hydrogen-bond acceptors (Lipinski definition) is 6. The number of hydrogen-bond donors (Lipinski definition) is 1. The summed E-state index contributed by atoms with van der Waals surface area (Å²) in [4.78, 5) is 10.1. The van der Waals surface area contributed by atoms with Crippen molar-refractivity contribution in [2.75, 3.05) is 0 Å². The lowest BCUT2D eigenvalue weighted by Crippen LogP contribution is -1.93. The van der Waals surface area contributed by atoms with Crippen LogP contribution in [0.25, 0.3) is 0 Å². The van der Waals surface area contributed by atoms with Crippen LogP contribution in [0.2, 0.25) is 0 Å². The van der Waals surface area contributed by atoms with Gasteiger partial charge in [0.15, 0.2) is 0 Å². The van der Waals surface area contributed by atoms with Crippen molar-refractivity contribution in [3.63, 3.8) is 0 Å². The SMILES string of the molecule is O=[N+]([O-])c1cc(Br)c(O)c(/C=N\n2cnnc2)c1. The highest BCUT2D eigenvalue weighted by atomic mass is 79.9. The second-order valence-electron chi connectivity index (χ2n) is 3.21. The summed E-state index contributed by atoms with van der Waals surface area (Å²) in [6.07, 6.45) is 3.97. The molecule has 0 amide bonds. The number of halogens is 1. The number of nitro benzene ring substituents is 1. The third-order valence-electron chi connectivity index (χ3n) is 2.03. The van der Waals surface area contributed by atoms with E-state index in [2.05, 4.69) is 31.2 Å². The van der Waals surface area contributed by atoms with Gasteiger partial charge in [0, 0.05) is 17.7 Å². The molecule has 1 N–H and O–H groups in total. The zero-order valence-corrected chi connectivity index (χ0v) is 10.4. The quantitative estimate of drug-likeness (QED) is 0.525. The molecule has 9 heteroatoms. The molecule has 2 rings (SSSR count). The smallest absolute Gasteiger partial charge is 0.271 e. The van der Waals surface area contributed by atoms with Crippen molar-refractivity contribution in [2.24, 2.45) is 5.10 Å². The molecule has 0 fully saturated rings. The minimum atomic E-state index is -0.555. The zero-order valence-electron chi connectivity index (χ0n) is 8.76. The molecule has 0 aliphatic carbocycles. The molecule has 0 radical (unpaired) electrons. The Kier molecular flexibility index (Phi) is 3.33. The van der Waals surface area contributed by atoms with Crippen molar-refractivity contribution in [2.45, 2.75) is 0 Å². The second-order valence-corrected chi connectivity index (χ2v) is 4.06. The van der Waals surface area contributed by atoms with Gasteiger partial charge >= 0.3 is 0 Å². The molecule has 1 aromatic carbocycles. The van der Waals surface area contributed by atoms with Crippen molar-refractivity contribution in [3.05, 3.63) is 44.9 Å². The molecule has 0 aliphatic rings. The molecule has 92 valence electrons. The summed E-state index contributed by atoms with van der Waals surface area (Å²) in [7, 11) is 0. The number of nitro groups is 1. The van der Waals surface area contributed by atoms with Gasteiger partial charge in [-0.3, -0.25) is 10.1 Å². The predicted octanol–water partition coefficient (Wildman–Crippen LogP) is 1.54. The molecule has 1 aromatic heterocycles. The third-order valence-corrected chi connectivity index (χ3v) is 2.63. The van der Waals surface area contributed by atoms with Gasteiger partial charge in [0.1, 0.15) is 18.4 Å². The average Bonchev–Trinajstić information content (AvgIpc) is 2.83. The first-order valence-corrected chi connectivity index (χ1v) is 5.43. The molecule has 0 saturated carbocycles. The fourth-order valence-corrected chi connectivity index (χ4v) is 1.66. The maximum absolute atomic E-state index is 10.7. The third kappa shape index (κ3) is 2.51. The molecular weight excluding hydrogens is 306 g/mol. The van der Waals surface area contributed by atoms with Gasteiger partial charge in [-0.1, -0.05) is 0 Å². The van der Waals surface area contributed by atoms with Gasteiger partial charge in [0.2, 0.25) is 0 Å². The van der Waals surface area contributed by atoms with Gasteiger partial charge in [-0.25, -0.2) is 4.68 Å². The summed E-state index contributed by atoms with van der Waals surface area (Å²) in [5.74, 6) is -0.127. The summed E-state index contributed by atoms with van der Waals surface area (Å²) < 4.78 is 1.52. The Morgan fingerprint density at radius 3 is 2.72 bits per heavy atom. The van der Waals surface area contributed by atoms with E-state index in [0.29, 0.717) is 0 Å². The maximum atomic E-state index is 10.7. The molecule has 0 saturated heterocycles. The Morgan fingerprint density at radius 1 is 1.44 bits per heavy atom. The van der Waals surface area contributed by atoms with E-state index in [9.17, 15) is 15.2 Å². The van der Waals surface area contributed by atoms with E-state index in [1.165, 1.54) is 35.7 Å². The minimum Gasteiger partial charge on any atom is -0.506 e. The Morgan fingerprint density at radius 2 is 2.11 bits per heavy atom. The van der Waals surface area contributed by atoms with Crippen LogP contribution in [0.4, 0.5) is 5.69 Å². The van der Waals surface area contributed by atoms with Crippen molar-refractivity contribution in [1.29, 1.82) is 0 Å². The number of aromatic hydroxyl groups is 1. The van der Waals surface area contributed by atoms with Gasteiger partial charge < -0.3 is 5.11 Å². The number of nitrogens with zero attached hydrogens (tertiary/aromatic N) is 5. The Labute approximate surface area is 109 Å². The Balaban J connectivity index is 2.40. The normalized spacial score (nSPS) is 10.9. The van der Waals surface area contributed by atoms with Gasteiger partial charge in [-0.2, -0.15) is 5.10 Å². The van der Waals surface area contributed by atoms with E-state index >= 15 is 0 Å². The Hall–Kier alpha value is -2.29. The molecule has 18 heavy (non-hydrogen) atoms. The molecular formula is C9H6BrN5O3. The summed E-state index contributed by atoms with van der Waals surface area (Å²) in [5.41, 5.74) is 0.0645. The van der Waals surface area contributed by atoms with E-state index in [1.54, 1.807) is 0 Å². The highest BCUT2D eigenvalue weighted by molar-refractivity contribution is 9.10. The first-order chi connectivity index (χ1) is 8.58. The van der Waals surface area contributed by atoms with Gasteiger partial charge in [0.05, 0.1) is 15.6 Å². The molecule has 0 spiro atoms. The van der Waals surface area contributed by atoms with Crippen LogP contribution in [-0.2, 0) is 0 Å². The maximum Gasteiger partial charge on any atom is 0.271 e. The summed E-state index contributed by atoms with van der Waals surface area (Å²) in [6, 6.07) is 2.43. The molecule has 0 aliphatic heterocycles. The van der Waals surface area contributed by atoms with Gasteiger partial charge in [-0.05, 0) is 15.9 Å². The van der Waals surface area contributed by atoms with E-state index in [0.717, 1.165) is 0 Å². The fourth-order valence-electron chi connectivity index (χ4n) is 1.19. The lowest BCUT2D eigenvalue weighted by molar-refractivity contribution is -0.385. The minimum absolute atomic E-state index is 0.127. The highest BCUT2D eigenvalue weighted by Gasteiger charge is 2.13. The van der Waals surface area contributed by atoms with Gasteiger partial charge in [-0.15, -0.1) is 10.2 Å².